The quantitative estimate of drug-likeness (QED) is 0.424. The topological polar surface area (TPSA) is 163 Å². The lowest BCUT2D eigenvalue weighted by atomic mass is 10.1. The molecule has 0 aromatic carbocycles. The summed E-state index contributed by atoms with van der Waals surface area (Å²) < 4.78 is 11.4. The lowest BCUT2D eigenvalue weighted by molar-refractivity contribution is -0.150. The van der Waals surface area contributed by atoms with Crippen LogP contribution in [0.5, 0.6) is 0 Å². The van der Waals surface area contributed by atoms with Gasteiger partial charge in [0.2, 0.25) is 0 Å². The van der Waals surface area contributed by atoms with E-state index in [1.165, 1.54) is 12.3 Å². The van der Waals surface area contributed by atoms with Gasteiger partial charge in [-0.25, -0.2) is 4.79 Å². The number of rotatable bonds is 6. The van der Waals surface area contributed by atoms with Crippen molar-refractivity contribution in [1.29, 1.82) is 0 Å². The number of aliphatic hydroxyl groups is 2. The summed E-state index contributed by atoms with van der Waals surface area (Å²) in [5.74, 6) is -0.444. The summed E-state index contributed by atoms with van der Waals surface area (Å²) in [5, 5.41) is 20.0. The molecule has 1 aromatic heterocycles. The molecule has 136 valence electrons. The maximum absolute atomic E-state index is 11.8. The largest absolute Gasteiger partial charge is 0.463 e. The number of carbonyl (C=O) groups is 1. The number of esters is 1. The minimum absolute atomic E-state index is 0. The molecule has 0 amide bonds. The molecule has 1 aliphatic rings. The van der Waals surface area contributed by atoms with Crippen LogP contribution in [0.2, 0.25) is 0 Å². The molecule has 6 N–H and O–H groups in total. The fraction of sp³-hybridized carbons (Fsp3) is 0.615. The highest BCUT2D eigenvalue weighted by Crippen LogP contribution is 2.28. The lowest BCUT2D eigenvalue weighted by Gasteiger charge is -2.16. The van der Waals surface area contributed by atoms with Gasteiger partial charge in [0.1, 0.15) is 30.7 Å². The number of halogens is 1. The fourth-order valence-corrected chi connectivity index (χ4v) is 2.21. The summed E-state index contributed by atoms with van der Waals surface area (Å²) in [4.78, 5) is 26.7. The Hall–Kier alpha value is -1.72. The van der Waals surface area contributed by atoms with Crippen LogP contribution < -0.4 is 17.2 Å². The minimum atomic E-state index is -1.37. The van der Waals surface area contributed by atoms with Crippen molar-refractivity contribution in [1.82, 2.24) is 9.55 Å². The van der Waals surface area contributed by atoms with Crippen molar-refractivity contribution in [3.8, 4) is 0 Å². The van der Waals surface area contributed by atoms with Crippen LogP contribution in [0.4, 0.5) is 5.82 Å². The first kappa shape index (κ1) is 20.3. The molecule has 1 saturated heterocycles. The van der Waals surface area contributed by atoms with Gasteiger partial charge in [-0.2, -0.15) is 4.98 Å². The normalized spacial score (nSPS) is 26.0. The van der Waals surface area contributed by atoms with Crippen LogP contribution in [0.25, 0.3) is 0 Å². The van der Waals surface area contributed by atoms with Crippen molar-refractivity contribution < 1.29 is 24.5 Å². The van der Waals surface area contributed by atoms with Crippen molar-refractivity contribution >= 4 is 24.2 Å². The Kier molecular flexibility index (Phi) is 7.58. The molecule has 1 aromatic rings. The van der Waals surface area contributed by atoms with Crippen molar-refractivity contribution in [2.45, 2.75) is 37.4 Å². The summed E-state index contributed by atoms with van der Waals surface area (Å²) in [7, 11) is 0. The van der Waals surface area contributed by atoms with Crippen LogP contribution in [-0.2, 0) is 14.3 Å². The monoisotopic (exact) mass is 364 g/mol. The number of aliphatic hydroxyl groups excluding tert-OH is 2. The molecule has 0 bridgehead atoms. The van der Waals surface area contributed by atoms with E-state index in [1.54, 1.807) is 0 Å². The highest BCUT2D eigenvalue weighted by molar-refractivity contribution is 5.85. The predicted octanol–water partition coefficient (Wildman–Crippen LogP) is -1.85. The second-order valence-electron chi connectivity index (χ2n) is 5.16. The second-order valence-corrected chi connectivity index (χ2v) is 5.16. The molecule has 0 radical (unpaired) electrons. The van der Waals surface area contributed by atoms with E-state index in [9.17, 15) is 19.8 Å². The van der Waals surface area contributed by atoms with Gasteiger partial charge in [-0.05, 0) is 19.0 Å². The fourth-order valence-electron chi connectivity index (χ4n) is 2.21. The molecular weight excluding hydrogens is 344 g/mol. The molecule has 1 aliphatic heterocycles. The van der Waals surface area contributed by atoms with Gasteiger partial charge in [-0.15, -0.1) is 12.4 Å². The van der Waals surface area contributed by atoms with E-state index in [-0.39, 0.29) is 31.3 Å². The van der Waals surface area contributed by atoms with Gasteiger partial charge >= 0.3 is 11.7 Å². The third-order valence-corrected chi connectivity index (χ3v) is 3.46. The van der Waals surface area contributed by atoms with Crippen molar-refractivity contribution in [3.05, 3.63) is 22.7 Å². The number of nitrogens with zero attached hydrogens (tertiary/aromatic N) is 2. The molecule has 0 spiro atoms. The molecule has 0 aliphatic carbocycles. The van der Waals surface area contributed by atoms with Gasteiger partial charge in [0.15, 0.2) is 6.23 Å². The number of nitrogen functional groups attached to an aromatic ring is 1. The van der Waals surface area contributed by atoms with Gasteiger partial charge in [0, 0.05) is 12.6 Å². The highest BCUT2D eigenvalue weighted by atomic mass is 35.5. The van der Waals surface area contributed by atoms with E-state index < -0.39 is 36.2 Å². The number of nitrogens with two attached hydrogens (primary N) is 2. The van der Waals surface area contributed by atoms with E-state index in [1.807, 2.05) is 0 Å². The summed E-state index contributed by atoms with van der Waals surface area (Å²) >= 11 is 0. The molecule has 1 fully saturated rings. The predicted molar refractivity (Wildman–Crippen MR) is 85.3 cm³/mol. The SMILES string of the molecule is Cl.NCCCC(=O)OC[C@H]1O[C@@H](n2ccc(N)nc2=O)[C@H](O)[C@@H]1O. The van der Waals surface area contributed by atoms with Crippen LogP contribution in [0, 0.1) is 0 Å². The Morgan fingerprint density at radius 2 is 2.12 bits per heavy atom. The number of aromatic nitrogens is 2. The Labute approximate surface area is 143 Å². The Bertz CT molecular complexity index is 612. The van der Waals surface area contributed by atoms with E-state index >= 15 is 0 Å². The summed E-state index contributed by atoms with van der Waals surface area (Å²) in [5.41, 5.74) is 9.96. The van der Waals surface area contributed by atoms with Crippen LogP contribution in [0.3, 0.4) is 0 Å². The number of hydrogen-bond acceptors (Lipinski definition) is 9. The molecule has 0 saturated carbocycles. The summed E-state index contributed by atoms with van der Waals surface area (Å²) in [6, 6.07) is 1.37. The molecule has 2 heterocycles. The molecule has 24 heavy (non-hydrogen) atoms. The van der Waals surface area contributed by atoms with Gasteiger partial charge in [-0.1, -0.05) is 0 Å². The molecule has 10 nitrogen and oxygen atoms in total. The zero-order valence-electron chi connectivity index (χ0n) is 12.8. The van der Waals surface area contributed by atoms with Crippen molar-refractivity contribution in [2.75, 3.05) is 18.9 Å². The third kappa shape index (κ3) is 4.65. The Morgan fingerprint density at radius 3 is 2.75 bits per heavy atom. The first-order valence-electron chi connectivity index (χ1n) is 7.16. The van der Waals surface area contributed by atoms with E-state index in [2.05, 4.69) is 4.98 Å². The van der Waals surface area contributed by atoms with Gasteiger partial charge < -0.3 is 31.2 Å². The maximum atomic E-state index is 11.8. The molecule has 4 atom stereocenters. The average Bonchev–Trinajstić information content (AvgIpc) is 2.79. The second kappa shape index (κ2) is 8.94. The molecule has 11 heteroatoms. The molecule has 2 rings (SSSR count). The van der Waals surface area contributed by atoms with Crippen LogP contribution in [-0.4, -0.2) is 57.2 Å². The average molecular weight is 365 g/mol. The first-order chi connectivity index (χ1) is 10.9. The highest BCUT2D eigenvalue weighted by Gasteiger charge is 2.44. The Morgan fingerprint density at radius 1 is 1.42 bits per heavy atom. The number of ether oxygens (including phenoxy) is 2. The minimum Gasteiger partial charge on any atom is -0.463 e. The van der Waals surface area contributed by atoms with E-state index in [0.717, 1.165) is 4.57 Å². The lowest BCUT2D eigenvalue weighted by Crippen LogP contribution is -2.36. The zero-order chi connectivity index (χ0) is 17.0. The molecular formula is C13H21ClN4O6. The number of carbonyl (C=O) groups excluding carboxylic acids is 1. The zero-order valence-corrected chi connectivity index (χ0v) is 13.6. The van der Waals surface area contributed by atoms with Crippen molar-refractivity contribution in [2.24, 2.45) is 5.73 Å². The van der Waals surface area contributed by atoms with Crippen LogP contribution in [0.1, 0.15) is 19.1 Å². The Balaban J connectivity index is 0.00000288. The van der Waals surface area contributed by atoms with Gasteiger partial charge in [0.05, 0.1) is 0 Å². The first-order valence-corrected chi connectivity index (χ1v) is 7.16. The smallest absolute Gasteiger partial charge is 0.351 e. The molecule has 0 unspecified atom stereocenters. The number of anilines is 1. The van der Waals surface area contributed by atoms with Gasteiger partial charge in [0.25, 0.3) is 0 Å². The summed E-state index contributed by atoms with van der Waals surface area (Å²) in [6.07, 6.45) is -2.82. The van der Waals surface area contributed by atoms with Gasteiger partial charge in [-0.3, -0.25) is 9.36 Å². The standard InChI is InChI=1S/C13H20N4O6.ClH/c14-4-1-2-9(18)22-6-7-10(19)11(20)12(23-7)17-5-3-8(15)16-13(17)21;/h3,5,7,10-12,19-20H,1-2,4,6,14H2,(H2,15,16,21);1H/t7-,10-,11-,12-;/m1./s1. The number of hydrogen-bond donors (Lipinski definition) is 4. The van der Waals surface area contributed by atoms with E-state index in [0.29, 0.717) is 13.0 Å². The van der Waals surface area contributed by atoms with Crippen LogP contribution >= 0.6 is 12.4 Å². The van der Waals surface area contributed by atoms with Crippen LogP contribution in [0.15, 0.2) is 17.1 Å². The summed E-state index contributed by atoms with van der Waals surface area (Å²) in [6.45, 7) is 0.126. The van der Waals surface area contributed by atoms with E-state index in [4.69, 9.17) is 20.9 Å². The third-order valence-electron chi connectivity index (χ3n) is 3.46. The van der Waals surface area contributed by atoms with Crippen molar-refractivity contribution in [3.63, 3.8) is 0 Å². The maximum Gasteiger partial charge on any atom is 0.351 e.